The molecule has 0 saturated carbocycles. The molecular formula is C12H17N5OS. The summed E-state index contributed by atoms with van der Waals surface area (Å²) in [5.74, 6) is 0.873. The maximum absolute atomic E-state index is 12.0. The number of imidazole rings is 1. The van der Waals surface area contributed by atoms with Gasteiger partial charge in [-0.15, -0.1) is 5.10 Å². The van der Waals surface area contributed by atoms with Crippen LogP contribution in [0.25, 0.3) is 0 Å². The molecule has 19 heavy (non-hydrogen) atoms. The molecule has 0 aromatic carbocycles. The zero-order valence-electron chi connectivity index (χ0n) is 10.8. The fourth-order valence-electron chi connectivity index (χ4n) is 1.75. The van der Waals surface area contributed by atoms with Gasteiger partial charge in [0.05, 0.1) is 5.69 Å². The van der Waals surface area contributed by atoms with Crippen molar-refractivity contribution in [3.05, 3.63) is 28.8 Å². The summed E-state index contributed by atoms with van der Waals surface area (Å²) in [6.45, 7) is 2.69. The Morgan fingerprint density at radius 2 is 2.37 bits per heavy atom. The highest BCUT2D eigenvalue weighted by Crippen LogP contribution is 2.12. The van der Waals surface area contributed by atoms with Gasteiger partial charge in [-0.3, -0.25) is 4.79 Å². The van der Waals surface area contributed by atoms with E-state index in [1.165, 1.54) is 0 Å². The minimum Gasteiger partial charge on any atom is -0.351 e. The quantitative estimate of drug-likeness (QED) is 0.754. The highest BCUT2D eigenvalue weighted by molar-refractivity contribution is 7.08. The predicted octanol–water partition coefficient (Wildman–Crippen LogP) is 1.58. The Kier molecular flexibility index (Phi) is 5.02. The van der Waals surface area contributed by atoms with E-state index in [0.29, 0.717) is 11.4 Å². The van der Waals surface area contributed by atoms with Crippen LogP contribution in [0.15, 0.2) is 12.4 Å². The van der Waals surface area contributed by atoms with Crippen LogP contribution in [0.2, 0.25) is 0 Å². The number of nitrogens with zero attached hydrogens (tertiary/aromatic N) is 3. The van der Waals surface area contributed by atoms with Crippen molar-refractivity contribution >= 4 is 17.4 Å². The molecule has 0 unspecified atom stereocenters. The molecule has 7 heteroatoms. The predicted molar refractivity (Wildman–Crippen MR) is 73.1 cm³/mol. The lowest BCUT2D eigenvalue weighted by atomic mass is 10.2. The monoisotopic (exact) mass is 279 g/mol. The van der Waals surface area contributed by atoms with E-state index < -0.39 is 0 Å². The Morgan fingerprint density at radius 1 is 1.47 bits per heavy atom. The van der Waals surface area contributed by atoms with Crippen molar-refractivity contribution in [1.29, 1.82) is 0 Å². The summed E-state index contributed by atoms with van der Waals surface area (Å²) < 4.78 is 3.85. The van der Waals surface area contributed by atoms with Gasteiger partial charge in [0.15, 0.2) is 0 Å². The summed E-state index contributed by atoms with van der Waals surface area (Å²) >= 11 is 1.16. The van der Waals surface area contributed by atoms with Gasteiger partial charge < -0.3 is 10.3 Å². The van der Waals surface area contributed by atoms with Gasteiger partial charge in [-0.25, -0.2) is 4.98 Å². The van der Waals surface area contributed by atoms with Gasteiger partial charge in [-0.1, -0.05) is 17.8 Å². The second-order valence-corrected chi connectivity index (χ2v) is 4.95. The average molecular weight is 279 g/mol. The van der Waals surface area contributed by atoms with E-state index in [9.17, 15) is 4.79 Å². The summed E-state index contributed by atoms with van der Waals surface area (Å²) in [5, 5.41) is 6.88. The van der Waals surface area contributed by atoms with Crippen LogP contribution >= 0.6 is 11.5 Å². The van der Waals surface area contributed by atoms with Crippen LogP contribution in [0.3, 0.4) is 0 Å². The Labute approximate surface area is 115 Å². The Morgan fingerprint density at radius 3 is 3.11 bits per heavy atom. The van der Waals surface area contributed by atoms with Gasteiger partial charge >= 0.3 is 0 Å². The molecule has 0 atom stereocenters. The second-order valence-electron chi connectivity index (χ2n) is 4.19. The first-order valence-corrected chi connectivity index (χ1v) is 7.16. The molecule has 0 aliphatic heterocycles. The Hall–Kier alpha value is -1.76. The minimum absolute atomic E-state index is 0.0714. The van der Waals surface area contributed by atoms with Gasteiger partial charge in [0.25, 0.3) is 5.91 Å². The number of hydrogen-bond acceptors (Lipinski definition) is 5. The SMILES string of the molecule is CCCc1nnsc1C(=O)NCCCc1ncc[nH]1. The maximum atomic E-state index is 12.0. The van der Waals surface area contributed by atoms with Crippen molar-refractivity contribution in [1.82, 2.24) is 24.9 Å². The minimum atomic E-state index is -0.0714. The number of aromatic nitrogens is 4. The van der Waals surface area contributed by atoms with Crippen LogP contribution in [-0.2, 0) is 12.8 Å². The van der Waals surface area contributed by atoms with Crippen LogP contribution < -0.4 is 5.32 Å². The normalized spacial score (nSPS) is 10.6. The third kappa shape index (κ3) is 3.85. The summed E-state index contributed by atoms with van der Waals surface area (Å²) in [4.78, 5) is 19.8. The molecule has 0 spiro atoms. The average Bonchev–Trinajstić information content (AvgIpc) is 3.05. The number of aromatic amines is 1. The number of carbonyl (C=O) groups excluding carboxylic acids is 1. The number of aryl methyl sites for hydroxylation is 2. The highest BCUT2D eigenvalue weighted by Gasteiger charge is 2.14. The first kappa shape index (κ1) is 13.7. The van der Waals surface area contributed by atoms with E-state index in [0.717, 1.165) is 48.7 Å². The Balaban J connectivity index is 1.76. The number of nitrogens with one attached hydrogen (secondary N) is 2. The molecule has 6 nitrogen and oxygen atoms in total. The van der Waals surface area contributed by atoms with Crippen LogP contribution in [0, 0.1) is 0 Å². The molecule has 2 aromatic heterocycles. The van der Waals surface area contributed by atoms with Gasteiger partial charge in [0, 0.05) is 25.4 Å². The maximum Gasteiger partial charge on any atom is 0.264 e. The molecule has 0 bridgehead atoms. The summed E-state index contributed by atoms with van der Waals surface area (Å²) in [6, 6.07) is 0. The fraction of sp³-hybridized carbons (Fsp3) is 0.500. The number of hydrogen-bond donors (Lipinski definition) is 2. The van der Waals surface area contributed by atoms with Crippen LogP contribution in [0.4, 0.5) is 0 Å². The summed E-state index contributed by atoms with van der Waals surface area (Å²) in [5.41, 5.74) is 0.802. The van der Waals surface area contributed by atoms with E-state index in [1.54, 1.807) is 12.4 Å². The molecule has 1 amide bonds. The van der Waals surface area contributed by atoms with E-state index >= 15 is 0 Å². The van der Waals surface area contributed by atoms with Crippen molar-refractivity contribution in [2.45, 2.75) is 32.6 Å². The smallest absolute Gasteiger partial charge is 0.264 e. The molecule has 2 heterocycles. The van der Waals surface area contributed by atoms with Gasteiger partial charge in [0.1, 0.15) is 10.7 Å². The lowest BCUT2D eigenvalue weighted by molar-refractivity contribution is 0.0956. The number of rotatable bonds is 7. The molecule has 2 N–H and O–H groups in total. The third-order valence-corrected chi connectivity index (χ3v) is 3.45. The van der Waals surface area contributed by atoms with Crippen molar-refractivity contribution in [3.63, 3.8) is 0 Å². The van der Waals surface area contributed by atoms with E-state index in [-0.39, 0.29) is 5.91 Å². The number of H-pyrrole nitrogens is 1. The molecule has 0 radical (unpaired) electrons. The molecule has 102 valence electrons. The molecule has 0 fully saturated rings. The zero-order valence-corrected chi connectivity index (χ0v) is 11.7. The lowest BCUT2D eigenvalue weighted by Gasteiger charge is -2.03. The van der Waals surface area contributed by atoms with Crippen molar-refractivity contribution in [3.8, 4) is 0 Å². The molecule has 0 saturated heterocycles. The number of carbonyl (C=O) groups is 1. The number of amides is 1. The molecule has 2 aromatic rings. The second kappa shape index (κ2) is 6.98. The molecule has 2 rings (SSSR count). The van der Waals surface area contributed by atoms with Crippen molar-refractivity contribution in [2.24, 2.45) is 0 Å². The molecule has 0 aliphatic rings. The van der Waals surface area contributed by atoms with Crippen LogP contribution in [-0.4, -0.2) is 32.0 Å². The third-order valence-electron chi connectivity index (χ3n) is 2.68. The lowest BCUT2D eigenvalue weighted by Crippen LogP contribution is -2.25. The van der Waals surface area contributed by atoms with Gasteiger partial charge in [-0.05, 0) is 24.4 Å². The van der Waals surface area contributed by atoms with Crippen molar-refractivity contribution in [2.75, 3.05) is 6.54 Å². The van der Waals surface area contributed by atoms with E-state index in [1.807, 2.05) is 0 Å². The summed E-state index contributed by atoms with van der Waals surface area (Å²) in [7, 11) is 0. The summed E-state index contributed by atoms with van der Waals surface area (Å²) in [6.07, 6.45) is 6.97. The van der Waals surface area contributed by atoms with Gasteiger partial charge in [-0.2, -0.15) is 0 Å². The molecular weight excluding hydrogens is 262 g/mol. The van der Waals surface area contributed by atoms with Crippen LogP contribution in [0.1, 0.15) is 41.0 Å². The standard InChI is InChI=1S/C12H17N5OS/c1-2-4-9-11(19-17-16-9)12(18)15-6-3-5-10-13-7-8-14-10/h7-8H,2-6H2,1H3,(H,13,14)(H,15,18). The first-order valence-electron chi connectivity index (χ1n) is 6.39. The fourth-order valence-corrected chi connectivity index (χ4v) is 2.38. The van der Waals surface area contributed by atoms with Gasteiger partial charge in [0.2, 0.25) is 0 Å². The topological polar surface area (TPSA) is 83.6 Å². The highest BCUT2D eigenvalue weighted by atomic mass is 32.1. The van der Waals surface area contributed by atoms with E-state index in [2.05, 4.69) is 31.8 Å². The van der Waals surface area contributed by atoms with Crippen molar-refractivity contribution < 1.29 is 4.79 Å². The van der Waals surface area contributed by atoms with E-state index in [4.69, 9.17) is 0 Å². The first-order chi connectivity index (χ1) is 9.31. The Bertz CT molecular complexity index is 508. The largest absolute Gasteiger partial charge is 0.351 e. The zero-order chi connectivity index (χ0) is 13.5. The van der Waals surface area contributed by atoms with Crippen LogP contribution in [0.5, 0.6) is 0 Å². The molecule has 0 aliphatic carbocycles.